The highest BCUT2D eigenvalue weighted by Crippen LogP contribution is 2.22. The van der Waals surface area contributed by atoms with Gasteiger partial charge in [0.05, 0.1) is 0 Å². The quantitative estimate of drug-likeness (QED) is 0.735. The summed E-state index contributed by atoms with van der Waals surface area (Å²) in [4.78, 5) is 28.6. The van der Waals surface area contributed by atoms with Crippen LogP contribution in [-0.2, 0) is 4.79 Å². The number of nitrogens with zero attached hydrogens (tertiary/aromatic N) is 2. The lowest BCUT2D eigenvalue weighted by Crippen LogP contribution is -2.50. The highest BCUT2D eigenvalue weighted by atomic mass is 32.2. The fraction of sp³-hybridized carbons (Fsp3) is 0.300. The van der Waals surface area contributed by atoms with E-state index < -0.39 is 5.82 Å². The summed E-state index contributed by atoms with van der Waals surface area (Å²) >= 11 is 1.32. The van der Waals surface area contributed by atoms with Gasteiger partial charge in [0.2, 0.25) is 5.91 Å². The predicted octanol–water partition coefficient (Wildman–Crippen LogP) is 3.43. The topological polar surface area (TPSA) is 40.6 Å². The standard InChI is InChI=1S/C20H20F2N2O2S/c21-16-5-3-4-15(14-16)20(26)24-11-9-23(10-12-24)19(25)8-13-27-18-7-2-1-6-17(18)22/h1-7,14H,8-13H2. The number of hydrogen-bond donors (Lipinski definition) is 0. The Labute approximate surface area is 161 Å². The summed E-state index contributed by atoms with van der Waals surface area (Å²) in [6.45, 7) is 1.73. The Morgan fingerprint density at radius 1 is 0.926 bits per heavy atom. The molecule has 1 aliphatic heterocycles. The van der Waals surface area contributed by atoms with E-state index in [0.29, 0.717) is 48.8 Å². The summed E-state index contributed by atoms with van der Waals surface area (Å²) in [5, 5.41) is 0. The summed E-state index contributed by atoms with van der Waals surface area (Å²) in [5.41, 5.74) is 0.316. The number of hydrogen-bond acceptors (Lipinski definition) is 3. The van der Waals surface area contributed by atoms with Gasteiger partial charge in [-0.2, -0.15) is 0 Å². The Bertz CT molecular complexity index is 823. The van der Waals surface area contributed by atoms with E-state index in [1.807, 2.05) is 0 Å². The Kier molecular flexibility index (Phi) is 6.45. The molecule has 0 N–H and O–H groups in total. The molecular formula is C20H20F2N2O2S. The molecule has 2 amide bonds. The van der Waals surface area contributed by atoms with E-state index in [9.17, 15) is 18.4 Å². The molecule has 0 aromatic heterocycles. The van der Waals surface area contributed by atoms with Crippen LogP contribution in [0.3, 0.4) is 0 Å². The second-order valence-electron chi connectivity index (χ2n) is 6.21. The van der Waals surface area contributed by atoms with Crippen molar-refractivity contribution in [2.24, 2.45) is 0 Å². The molecule has 0 aliphatic carbocycles. The molecule has 0 bridgehead atoms. The van der Waals surface area contributed by atoms with Gasteiger partial charge < -0.3 is 9.80 Å². The molecule has 2 aromatic carbocycles. The minimum absolute atomic E-state index is 0.00306. The van der Waals surface area contributed by atoms with E-state index in [4.69, 9.17) is 0 Å². The van der Waals surface area contributed by atoms with Crippen molar-refractivity contribution < 1.29 is 18.4 Å². The number of thioether (sulfide) groups is 1. The molecule has 0 saturated carbocycles. The van der Waals surface area contributed by atoms with Crippen molar-refractivity contribution in [2.45, 2.75) is 11.3 Å². The van der Waals surface area contributed by atoms with E-state index >= 15 is 0 Å². The second kappa shape index (κ2) is 8.99. The van der Waals surface area contributed by atoms with Crippen LogP contribution in [0.4, 0.5) is 8.78 Å². The van der Waals surface area contributed by atoms with Crippen molar-refractivity contribution in [3.63, 3.8) is 0 Å². The first-order valence-corrected chi connectivity index (χ1v) is 9.73. The molecule has 4 nitrogen and oxygen atoms in total. The third kappa shape index (κ3) is 5.07. The smallest absolute Gasteiger partial charge is 0.254 e. The molecule has 1 heterocycles. The van der Waals surface area contributed by atoms with Crippen LogP contribution >= 0.6 is 11.8 Å². The molecule has 27 heavy (non-hydrogen) atoms. The van der Waals surface area contributed by atoms with Crippen LogP contribution in [-0.4, -0.2) is 53.5 Å². The Balaban J connectivity index is 1.45. The molecule has 1 saturated heterocycles. The van der Waals surface area contributed by atoms with Crippen LogP contribution in [0.5, 0.6) is 0 Å². The minimum Gasteiger partial charge on any atom is -0.339 e. The van der Waals surface area contributed by atoms with Crippen LogP contribution < -0.4 is 0 Å². The molecule has 0 radical (unpaired) electrons. The fourth-order valence-electron chi connectivity index (χ4n) is 2.93. The molecule has 1 fully saturated rings. The van der Waals surface area contributed by atoms with Gasteiger partial charge in [-0.3, -0.25) is 9.59 Å². The van der Waals surface area contributed by atoms with E-state index in [0.717, 1.165) is 0 Å². The zero-order valence-corrected chi connectivity index (χ0v) is 15.6. The van der Waals surface area contributed by atoms with Crippen molar-refractivity contribution in [3.05, 3.63) is 65.7 Å². The van der Waals surface area contributed by atoms with Crippen molar-refractivity contribution in [2.75, 3.05) is 31.9 Å². The molecule has 2 aromatic rings. The van der Waals surface area contributed by atoms with Crippen LogP contribution in [0.2, 0.25) is 0 Å². The second-order valence-corrected chi connectivity index (χ2v) is 7.35. The lowest BCUT2D eigenvalue weighted by Gasteiger charge is -2.35. The summed E-state index contributed by atoms with van der Waals surface area (Å²) in [5.74, 6) is -0.447. The number of halogens is 2. The lowest BCUT2D eigenvalue weighted by molar-refractivity contribution is -0.132. The Morgan fingerprint density at radius 2 is 1.63 bits per heavy atom. The maximum Gasteiger partial charge on any atom is 0.254 e. The third-order valence-corrected chi connectivity index (χ3v) is 5.45. The van der Waals surface area contributed by atoms with E-state index in [1.165, 1.54) is 36.0 Å². The molecular weight excluding hydrogens is 370 g/mol. The van der Waals surface area contributed by atoms with Gasteiger partial charge in [0.15, 0.2) is 0 Å². The monoisotopic (exact) mass is 390 g/mol. The molecule has 3 rings (SSSR count). The van der Waals surface area contributed by atoms with Gasteiger partial charge in [-0.15, -0.1) is 11.8 Å². The Morgan fingerprint density at radius 3 is 2.33 bits per heavy atom. The number of rotatable bonds is 5. The first kappa shape index (κ1) is 19.4. The van der Waals surface area contributed by atoms with E-state index in [-0.39, 0.29) is 17.6 Å². The minimum atomic E-state index is -0.443. The SMILES string of the molecule is O=C(CCSc1ccccc1F)N1CCN(C(=O)c2cccc(F)c2)CC1. The third-order valence-electron chi connectivity index (χ3n) is 4.40. The molecule has 1 aliphatic rings. The zero-order valence-electron chi connectivity index (χ0n) is 14.7. The number of benzene rings is 2. The highest BCUT2D eigenvalue weighted by molar-refractivity contribution is 7.99. The summed E-state index contributed by atoms with van der Waals surface area (Å²) in [6, 6.07) is 12.1. The fourth-order valence-corrected chi connectivity index (χ4v) is 3.81. The van der Waals surface area contributed by atoms with Gasteiger partial charge in [0.1, 0.15) is 11.6 Å². The maximum absolute atomic E-state index is 13.6. The largest absolute Gasteiger partial charge is 0.339 e. The van der Waals surface area contributed by atoms with Crippen molar-refractivity contribution in [3.8, 4) is 0 Å². The Hall–Kier alpha value is -2.41. The normalized spacial score (nSPS) is 14.3. The summed E-state index contributed by atoms with van der Waals surface area (Å²) in [6.07, 6.45) is 0.316. The zero-order chi connectivity index (χ0) is 19.2. The number of carbonyl (C=O) groups is 2. The molecule has 7 heteroatoms. The van der Waals surface area contributed by atoms with Crippen LogP contribution in [0.25, 0.3) is 0 Å². The molecule has 0 atom stereocenters. The van der Waals surface area contributed by atoms with Crippen LogP contribution in [0.15, 0.2) is 53.4 Å². The molecule has 0 unspecified atom stereocenters. The average Bonchev–Trinajstić information content (AvgIpc) is 2.69. The van der Waals surface area contributed by atoms with Gasteiger partial charge in [-0.05, 0) is 30.3 Å². The molecule has 0 spiro atoms. The summed E-state index contributed by atoms with van der Waals surface area (Å²) < 4.78 is 26.9. The van der Waals surface area contributed by atoms with Crippen molar-refractivity contribution in [1.29, 1.82) is 0 Å². The van der Waals surface area contributed by atoms with Crippen molar-refractivity contribution >= 4 is 23.6 Å². The predicted molar refractivity (Wildman–Crippen MR) is 101 cm³/mol. The number of piperazine rings is 1. The maximum atomic E-state index is 13.6. The number of carbonyl (C=O) groups excluding carboxylic acids is 2. The van der Waals surface area contributed by atoms with E-state index in [1.54, 1.807) is 34.1 Å². The lowest BCUT2D eigenvalue weighted by atomic mass is 10.1. The van der Waals surface area contributed by atoms with Gasteiger partial charge in [0.25, 0.3) is 5.91 Å². The molecule has 142 valence electrons. The van der Waals surface area contributed by atoms with Crippen LogP contribution in [0.1, 0.15) is 16.8 Å². The van der Waals surface area contributed by atoms with E-state index in [2.05, 4.69) is 0 Å². The van der Waals surface area contributed by atoms with Crippen LogP contribution in [0, 0.1) is 11.6 Å². The van der Waals surface area contributed by atoms with Gasteiger partial charge >= 0.3 is 0 Å². The highest BCUT2D eigenvalue weighted by Gasteiger charge is 2.24. The number of amides is 2. The van der Waals surface area contributed by atoms with Gasteiger partial charge in [-0.1, -0.05) is 18.2 Å². The average molecular weight is 390 g/mol. The van der Waals surface area contributed by atoms with Crippen molar-refractivity contribution in [1.82, 2.24) is 9.80 Å². The van der Waals surface area contributed by atoms with Gasteiger partial charge in [-0.25, -0.2) is 8.78 Å². The first-order chi connectivity index (χ1) is 13.0. The van der Waals surface area contributed by atoms with Gasteiger partial charge in [0, 0.05) is 48.8 Å². The first-order valence-electron chi connectivity index (χ1n) is 8.74. The summed E-state index contributed by atoms with van der Waals surface area (Å²) in [7, 11) is 0.